The lowest BCUT2D eigenvalue weighted by Crippen LogP contribution is -1.93. The third kappa shape index (κ3) is 1.21. The molecule has 3 rings (SSSR count). The lowest BCUT2D eigenvalue weighted by Gasteiger charge is -2.02. The van der Waals surface area contributed by atoms with Crippen LogP contribution >= 0.6 is 12.2 Å². The molecule has 0 N–H and O–H groups in total. The molecular formula is C13H11NOS. The summed E-state index contributed by atoms with van der Waals surface area (Å²) < 4.78 is 7.61. The summed E-state index contributed by atoms with van der Waals surface area (Å²) in [6.45, 7) is 2.91. The van der Waals surface area contributed by atoms with Crippen molar-refractivity contribution in [1.29, 1.82) is 0 Å². The highest BCUT2D eigenvalue weighted by atomic mass is 32.1. The summed E-state index contributed by atoms with van der Waals surface area (Å²) in [5.74, 6) is 0. The van der Waals surface area contributed by atoms with E-state index in [-0.39, 0.29) is 0 Å². The van der Waals surface area contributed by atoms with Crippen molar-refractivity contribution >= 4 is 34.1 Å². The lowest BCUT2D eigenvalue weighted by atomic mass is 10.1. The van der Waals surface area contributed by atoms with E-state index in [0.717, 1.165) is 17.6 Å². The normalized spacial score (nSPS) is 11.3. The van der Waals surface area contributed by atoms with Crippen LogP contribution in [0.15, 0.2) is 40.8 Å². The quantitative estimate of drug-likeness (QED) is 0.584. The van der Waals surface area contributed by atoms with E-state index >= 15 is 0 Å². The number of nitrogens with zero attached hydrogens (tertiary/aromatic N) is 1. The minimum Gasteiger partial charge on any atom is -0.429 e. The van der Waals surface area contributed by atoms with Crippen LogP contribution in [-0.2, 0) is 6.54 Å². The minimum atomic E-state index is 0.550. The van der Waals surface area contributed by atoms with E-state index in [4.69, 9.17) is 16.6 Å². The van der Waals surface area contributed by atoms with Crippen LogP contribution in [0.2, 0.25) is 0 Å². The van der Waals surface area contributed by atoms with Gasteiger partial charge >= 0.3 is 0 Å². The van der Waals surface area contributed by atoms with Crippen LogP contribution < -0.4 is 0 Å². The molecule has 0 aliphatic heterocycles. The molecule has 0 saturated carbocycles. The van der Waals surface area contributed by atoms with Crippen LogP contribution in [0.25, 0.3) is 21.9 Å². The summed E-state index contributed by atoms with van der Waals surface area (Å²) in [6.07, 6.45) is 0. The fraction of sp³-hybridized carbons (Fsp3) is 0.154. The Labute approximate surface area is 98.1 Å². The Morgan fingerprint density at radius 1 is 1.19 bits per heavy atom. The Morgan fingerprint density at radius 2 is 2.00 bits per heavy atom. The third-order valence-corrected chi connectivity index (χ3v) is 3.17. The Morgan fingerprint density at radius 3 is 2.81 bits per heavy atom. The summed E-state index contributed by atoms with van der Waals surface area (Å²) in [5, 5.41) is 2.41. The molecule has 3 aromatic rings. The van der Waals surface area contributed by atoms with Crippen LogP contribution in [0.3, 0.4) is 0 Å². The number of oxazole rings is 1. The summed E-state index contributed by atoms with van der Waals surface area (Å²) in [4.78, 5) is 0.550. The van der Waals surface area contributed by atoms with Crippen molar-refractivity contribution in [3.8, 4) is 0 Å². The van der Waals surface area contributed by atoms with Gasteiger partial charge in [-0.2, -0.15) is 0 Å². The third-order valence-electron chi connectivity index (χ3n) is 2.87. The van der Waals surface area contributed by atoms with E-state index in [9.17, 15) is 0 Å². The molecule has 0 unspecified atom stereocenters. The highest BCUT2D eigenvalue weighted by Crippen LogP contribution is 2.26. The molecule has 0 fully saturated rings. The van der Waals surface area contributed by atoms with Crippen molar-refractivity contribution in [2.24, 2.45) is 0 Å². The Balaban J connectivity index is 2.62. The van der Waals surface area contributed by atoms with Crippen LogP contribution in [0.5, 0.6) is 0 Å². The first-order chi connectivity index (χ1) is 7.81. The van der Waals surface area contributed by atoms with Gasteiger partial charge in [-0.3, -0.25) is 4.57 Å². The van der Waals surface area contributed by atoms with Gasteiger partial charge in [0.05, 0.1) is 5.52 Å². The molecule has 0 aliphatic rings. The minimum absolute atomic E-state index is 0.550. The SMILES string of the molecule is CCn1c(=S)oc2ccc3ccccc3c21. The lowest BCUT2D eigenvalue weighted by molar-refractivity contribution is 0.544. The Bertz CT molecular complexity index is 723. The smallest absolute Gasteiger partial charge is 0.269 e. The van der Waals surface area contributed by atoms with Gasteiger partial charge in [-0.05, 0) is 30.6 Å². The second-order valence-corrected chi connectivity index (χ2v) is 4.09. The largest absolute Gasteiger partial charge is 0.429 e. The fourth-order valence-electron chi connectivity index (χ4n) is 2.12. The number of hydrogen-bond donors (Lipinski definition) is 0. The van der Waals surface area contributed by atoms with Crippen LogP contribution in [0, 0.1) is 4.84 Å². The first-order valence-corrected chi connectivity index (χ1v) is 5.73. The number of aryl methyl sites for hydroxylation is 1. The highest BCUT2D eigenvalue weighted by molar-refractivity contribution is 7.71. The highest BCUT2D eigenvalue weighted by Gasteiger charge is 2.08. The van der Waals surface area contributed by atoms with Crippen molar-refractivity contribution in [3.63, 3.8) is 0 Å². The van der Waals surface area contributed by atoms with Gasteiger partial charge in [-0.15, -0.1) is 0 Å². The van der Waals surface area contributed by atoms with Gasteiger partial charge in [-0.1, -0.05) is 30.3 Å². The van der Waals surface area contributed by atoms with E-state index in [1.807, 2.05) is 22.8 Å². The van der Waals surface area contributed by atoms with Gasteiger partial charge in [0.1, 0.15) is 0 Å². The van der Waals surface area contributed by atoms with Gasteiger partial charge < -0.3 is 4.42 Å². The second-order valence-electron chi connectivity index (χ2n) is 3.75. The fourth-order valence-corrected chi connectivity index (χ4v) is 2.43. The standard InChI is InChI=1S/C13H11NOS/c1-2-14-12-10-6-4-3-5-9(10)7-8-11(12)15-13(14)16/h3-8H,2H2,1H3. The number of fused-ring (bicyclic) bond motifs is 3. The predicted octanol–water partition coefficient (Wildman–Crippen LogP) is 4.14. The van der Waals surface area contributed by atoms with E-state index < -0.39 is 0 Å². The van der Waals surface area contributed by atoms with E-state index in [1.165, 1.54) is 10.8 Å². The molecule has 1 aromatic heterocycles. The Hall–Kier alpha value is -1.61. The van der Waals surface area contributed by atoms with Crippen LogP contribution in [-0.4, -0.2) is 4.57 Å². The van der Waals surface area contributed by atoms with Gasteiger partial charge in [0.25, 0.3) is 4.84 Å². The molecule has 2 nitrogen and oxygen atoms in total. The van der Waals surface area contributed by atoms with Gasteiger partial charge in [-0.25, -0.2) is 0 Å². The summed E-state index contributed by atoms with van der Waals surface area (Å²) in [7, 11) is 0. The van der Waals surface area contributed by atoms with Crippen molar-refractivity contribution < 1.29 is 4.42 Å². The number of benzene rings is 2. The number of hydrogen-bond acceptors (Lipinski definition) is 2. The zero-order valence-electron chi connectivity index (χ0n) is 8.93. The molecule has 0 atom stereocenters. The van der Waals surface area contributed by atoms with E-state index in [0.29, 0.717) is 4.84 Å². The van der Waals surface area contributed by atoms with Gasteiger partial charge in [0.2, 0.25) is 0 Å². The molecule has 0 spiro atoms. The first kappa shape index (κ1) is 9.60. The van der Waals surface area contributed by atoms with Crippen molar-refractivity contribution in [1.82, 2.24) is 4.57 Å². The molecule has 80 valence electrons. The molecule has 2 aromatic carbocycles. The van der Waals surface area contributed by atoms with Gasteiger partial charge in [0.15, 0.2) is 5.58 Å². The average molecular weight is 229 g/mol. The average Bonchev–Trinajstić information content (AvgIpc) is 2.65. The molecule has 1 heterocycles. The zero-order chi connectivity index (χ0) is 11.1. The summed E-state index contributed by atoms with van der Waals surface area (Å²) in [6, 6.07) is 12.3. The first-order valence-electron chi connectivity index (χ1n) is 5.32. The molecule has 0 bridgehead atoms. The summed E-state index contributed by atoms with van der Waals surface area (Å²) >= 11 is 5.21. The van der Waals surface area contributed by atoms with Crippen molar-refractivity contribution in [3.05, 3.63) is 41.2 Å². The van der Waals surface area contributed by atoms with Crippen molar-refractivity contribution in [2.75, 3.05) is 0 Å². The van der Waals surface area contributed by atoms with Crippen LogP contribution in [0.1, 0.15) is 6.92 Å². The van der Waals surface area contributed by atoms with Crippen LogP contribution in [0.4, 0.5) is 0 Å². The maximum atomic E-state index is 5.58. The number of rotatable bonds is 1. The second kappa shape index (κ2) is 3.46. The molecule has 0 amide bonds. The molecule has 16 heavy (non-hydrogen) atoms. The summed E-state index contributed by atoms with van der Waals surface area (Å²) in [5.41, 5.74) is 1.97. The van der Waals surface area contributed by atoms with E-state index in [2.05, 4.69) is 25.1 Å². The number of aromatic nitrogens is 1. The molecule has 0 aliphatic carbocycles. The Kier molecular flexibility index (Phi) is 2.07. The molecule has 0 saturated heterocycles. The topological polar surface area (TPSA) is 18.1 Å². The van der Waals surface area contributed by atoms with E-state index in [1.54, 1.807) is 0 Å². The monoisotopic (exact) mass is 229 g/mol. The maximum absolute atomic E-state index is 5.58. The van der Waals surface area contributed by atoms with Gasteiger partial charge in [0, 0.05) is 11.9 Å². The molecule has 0 radical (unpaired) electrons. The predicted molar refractivity (Wildman–Crippen MR) is 68.2 cm³/mol. The van der Waals surface area contributed by atoms with Crippen molar-refractivity contribution in [2.45, 2.75) is 13.5 Å². The maximum Gasteiger partial charge on any atom is 0.269 e. The zero-order valence-corrected chi connectivity index (χ0v) is 9.75. The molecular weight excluding hydrogens is 218 g/mol. The molecule has 3 heteroatoms.